The second-order valence-corrected chi connectivity index (χ2v) is 10.3. The van der Waals surface area contributed by atoms with Gasteiger partial charge in [0.05, 0.1) is 18.4 Å². The number of aryl methyl sites for hydroxylation is 1. The zero-order valence-electron chi connectivity index (χ0n) is 22.3. The van der Waals surface area contributed by atoms with Crippen LogP contribution in [0.1, 0.15) is 32.7 Å². The smallest absolute Gasteiger partial charge is 0.255 e. The molecule has 0 spiro atoms. The van der Waals surface area contributed by atoms with Crippen molar-refractivity contribution in [1.29, 1.82) is 0 Å². The molecule has 39 heavy (non-hydrogen) atoms. The average Bonchev–Trinajstić information content (AvgIpc) is 3.59. The predicted octanol–water partition coefficient (Wildman–Crippen LogP) is 0.819. The molecular weight excluding hydrogens is 496 g/mol. The van der Waals surface area contributed by atoms with Crippen molar-refractivity contribution in [2.75, 3.05) is 58.2 Å². The van der Waals surface area contributed by atoms with E-state index in [0.717, 1.165) is 50.4 Å². The number of nitrogens with two attached hydrogens (primary N) is 1. The first kappa shape index (κ1) is 26.8. The van der Waals surface area contributed by atoms with E-state index >= 15 is 0 Å². The lowest BCUT2D eigenvalue weighted by Gasteiger charge is -2.34. The maximum atomic E-state index is 13.1. The van der Waals surface area contributed by atoms with Crippen molar-refractivity contribution in [3.8, 4) is 11.1 Å². The number of nitrogen functional groups attached to an aromatic ring is 1. The largest absolute Gasteiger partial charge is 0.395 e. The first-order valence-corrected chi connectivity index (χ1v) is 13.4. The normalized spacial score (nSPS) is 18.4. The molecule has 2 aromatic heterocycles. The Hall–Kier alpha value is -3.80. The number of likely N-dealkylation sites (tertiary alicyclic amines) is 1. The predicted molar refractivity (Wildman–Crippen MR) is 148 cm³/mol. The molecule has 206 valence electrons. The Labute approximate surface area is 228 Å². The molecule has 2 saturated heterocycles. The lowest BCUT2D eigenvalue weighted by atomic mass is 10.1. The summed E-state index contributed by atoms with van der Waals surface area (Å²) >= 11 is 0. The molecule has 2 aliphatic heterocycles. The Balaban J connectivity index is 1.14. The molecule has 0 radical (unpaired) electrons. The van der Waals surface area contributed by atoms with Gasteiger partial charge in [0.25, 0.3) is 11.8 Å². The topological polar surface area (TPSA) is 133 Å². The number of anilines is 1. The van der Waals surface area contributed by atoms with Crippen LogP contribution < -0.4 is 11.1 Å². The minimum absolute atomic E-state index is 0.0318. The molecule has 2 amide bonds. The summed E-state index contributed by atoms with van der Waals surface area (Å²) in [5.41, 5.74) is 9.77. The summed E-state index contributed by atoms with van der Waals surface area (Å²) in [5.74, 6) is -0.166. The molecule has 0 aliphatic carbocycles. The van der Waals surface area contributed by atoms with Crippen LogP contribution in [0.4, 0.5) is 5.82 Å². The van der Waals surface area contributed by atoms with Crippen LogP contribution >= 0.6 is 0 Å². The van der Waals surface area contributed by atoms with E-state index in [0.29, 0.717) is 30.6 Å². The van der Waals surface area contributed by atoms with E-state index in [9.17, 15) is 9.59 Å². The summed E-state index contributed by atoms with van der Waals surface area (Å²) in [6.45, 7) is 6.66. The van der Waals surface area contributed by atoms with Gasteiger partial charge in [-0.1, -0.05) is 12.1 Å². The Bertz CT molecular complexity index is 1300. The van der Waals surface area contributed by atoms with E-state index in [1.807, 2.05) is 37.5 Å². The molecule has 4 heterocycles. The number of rotatable bonds is 8. The first-order valence-electron chi connectivity index (χ1n) is 13.4. The highest BCUT2D eigenvalue weighted by molar-refractivity contribution is 6.00. The fourth-order valence-electron chi connectivity index (χ4n) is 5.22. The quantitative estimate of drug-likeness (QED) is 0.388. The third-order valence-corrected chi connectivity index (χ3v) is 7.50. The lowest BCUT2D eigenvalue weighted by molar-refractivity contribution is 0.0783. The average molecular weight is 533 g/mol. The van der Waals surface area contributed by atoms with Crippen LogP contribution in [0, 0.1) is 0 Å². The number of aliphatic hydroxyl groups is 1. The highest BCUT2D eigenvalue weighted by Gasteiger charge is 2.29. The molecule has 1 atom stereocenters. The standard InChI is InChI=1S/C28H36N8O3/c1-33-18-23(16-31-33)22-14-25(26(29)30-15-22)27(38)32-24-6-7-36(19-24)28(39)21-4-2-20(3-5-21)17-35-10-8-34(9-11-35)12-13-37/h2-5,14-16,18,24,37H,6-13,17,19H2,1H3,(H2,29,30)(H,32,38)/t24-/m1/s1. The van der Waals surface area contributed by atoms with Crippen molar-refractivity contribution in [3.63, 3.8) is 0 Å². The number of β-amino-alcohol motifs (C(OH)–C–C–N with tert-alkyl or cyclic N) is 1. The van der Waals surface area contributed by atoms with Crippen LogP contribution in [0.25, 0.3) is 11.1 Å². The van der Waals surface area contributed by atoms with Crippen LogP contribution in [-0.2, 0) is 13.6 Å². The molecular formula is C28H36N8O3. The number of aromatic nitrogens is 3. The number of benzene rings is 1. The first-order chi connectivity index (χ1) is 18.9. The fourth-order valence-corrected chi connectivity index (χ4v) is 5.22. The number of hydrogen-bond acceptors (Lipinski definition) is 8. The number of carbonyl (C=O) groups is 2. The van der Waals surface area contributed by atoms with Crippen molar-refractivity contribution in [1.82, 2.24) is 34.8 Å². The Morgan fingerprint density at radius 2 is 1.79 bits per heavy atom. The van der Waals surface area contributed by atoms with Crippen LogP contribution in [0.5, 0.6) is 0 Å². The molecule has 0 bridgehead atoms. The van der Waals surface area contributed by atoms with Gasteiger partial charge in [0.1, 0.15) is 5.82 Å². The number of pyridine rings is 1. The van der Waals surface area contributed by atoms with Gasteiger partial charge in [-0.3, -0.25) is 24.1 Å². The monoisotopic (exact) mass is 532 g/mol. The van der Waals surface area contributed by atoms with E-state index in [2.05, 4.69) is 25.2 Å². The third-order valence-electron chi connectivity index (χ3n) is 7.50. The van der Waals surface area contributed by atoms with E-state index in [1.165, 1.54) is 5.56 Å². The van der Waals surface area contributed by atoms with Gasteiger partial charge >= 0.3 is 0 Å². The van der Waals surface area contributed by atoms with Crippen LogP contribution in [-0.4, -0.2) is 105 Å². The van der Waals surface area contributed by atoms with Gasteiger partial charge in [0, 0.05) is 94.5 Å². The molecule has 4 N–H and O–H groups in total. The molecule has 5 rings (SSSR count). The second-order valence-electron chi connectivity index (χ2n) is 10.3. The van der Waals surface area contributed by atoms with Gasteiger partial charge in [0.15, 0.2) is 0 Å². The molecule has 0 unspecified atom stereocenters. The number of nitrogens with one attached hydrogen (secondary N) is 1. The number of amides is 2. The van der Waals surface area contributed by atoms with E-state index < -0.39 is 0 Å². The Morgan fingerprint density at radius 3 is 2.49 bits per heavy atom. The molecule has 3 aromatic rings. The second kappa shape index (κ2) is 11.9. The molecule has 11 nitrogen and oxygen atoms in total. The van der Waals surface area contributed by atoms with Crippen molar-refractivity contribution in [3.05, 3.63) is 65.6 Å². The van der Waals surface area contributed by atoms with Gasteiger partial charge in [-0.05, 0) is 30.2 Å². The minimum atomic E-state index is -0.299. The summed E-state index contributed by atoms with van der Waals surface area (Å²) < 4.78 is 1.69. The molecule has 11 heteroatoms. The van der Waals surface area contributed by atoms with Crippen LogP contribution in [0.2, 0.25) is 0 Å². The molecule has 2 fully saturated rings. The molecule has 1 aromatic carbocycles. The van der Waals surface area contributed by atoms with Gasteiger partial charge in [-0.15, -0.1) is 0 Å². The molecule has 0 saturated carbocycles. The van der Waals surface area contributed by atoms with Gasteiger partial charge in [0.2, 0.25) is 0 Å². The zero-order valence-corrected chi connectivity index (χ0v) is 22.3. The van der Waals surface area contributed by atoms with Gasteiger partial charge < -0.3 is 21.1 Å². The number of aliphatic hydroxyl groups excluding tert-OH is 1. The summed E-state index contributed by atoms with van der Waals surface area (Å²) in [5, 5.41) is 16.3. The number of nitrogens with zero attached hydrogens (tertiary/aromatic N) is 6. The highest BCUT2D eigenvalue weighted by atomic mass is 16.3. The lowest BCUT2D eigenvalue weighted by Crippen LogP contribution is -2.46. The highest BCUT2D eigenvalue weighted by Crippen LogP contribution is 2.22. The number of carbonyl (C=O) groups excluding carboxylic acids is 2. The summed E-state index contributed by atoms with van der Waals surface area (Å²) in [4.78, 5) is 36.8. The van der Waals surface area contributed by atoms with Crippen LogP contribution in [0.3, 0.4) is 0 Å². The summed E-state index contributed by atoms with van der Waals surface area (Å²) in [6.07, 6.45) is 5.86. The van der Waals surface area contributed by atoms with Crippen LogP contribution in [0.15, 0.2) is 48.9 Å². The summed E-state index contributed by atoms with van der Waals surface area (Å²) in [7, 11) is 1.83. The maximum Gasteiger partial charge on any atom is 0.255 e. The van der Waals surface area contributed by atoms with E-state index in [-0.39, 0.29) is 30.3 Å². The maximum absolute atomic E-state index is 13.1. The van der Waals surface area contributed by atoms with Crippen molar-refractivity contribution in [2.24, 2.45) is 7.05 Å². The van der Waals surface area contributed by atoms with E-state index in [1.54, 1.807) is 28.0 Å². The third kappa shape index (κ3) is 6.44. The Morgan fingerprint density at radius 1 is 1.05 bits per heavy atom. The van der Waals surface area contributed by atoms with Gasteiger partial charge in [-0.2, -0.15) is 5.10 Å². The van der Waals surface area contributed by atoms with Crippen molar-refractivity contribution in [2.45, 2.75) is 19.0 Å². The zero-order chi connectivity index (χ0) is 27.4. The van der Waals surface area contributed by atoms with E-state index in [4.69, 9.17) is 10.8 Å². The summed E-state index contributed by atoms with van der Waals surface area (Å²) in [6, 6.07) is 9.39. The Kier molecular flexibility index (Phi) is 8.20. The van der Waals surface area contributed by atoms with Crippen molar-refractivity contribution < 1.29 is 14.7 Å². The SMILES string of the molecule is Cn1cc(-c2cnc(N)c(C(=O)N[C@@H]3CCN(C(=O)c4ccc(CN5CCN(CCO)CC5)cc4)C3)c2)cn1. The fraction of sp³-hybridized carbons (Fsp3) is 0.429. The minimum Gasteiger partial charge on any atom is -0.395 e. The number of piperazine rings is 1. The van der Waals surface area contributed by atoms with Gasteiger partial charge in [-0.25, -0.2) is 4.98 Å². The molecule has 2 aliphatic rings. The number of hydrogen-bond donors (Lipinski definition) is 3. The van der Waals surface area contributed by atoms with Crippen molar-refractivity contribution >= 4 is 17.6 Å².